The topological polar surface area (TPSA) is 58.2 Å². The minimum atomic E-state index is -0.135. The van der Waals surface area contributed by atoms with Gasteiger partial charge in [0, 0.05) is 20.2 Å². The lowest BCUT2D eigenvalue weighted by Crippen LogP contribution is -2.38. The Labute approximate surface area is 108 Å². The third-order valence-electron chi connectivity index (χ3n) is 3.00. The van der Waals surface area contributed by atoms with Crippen molar-refractivity contribution in [3.8, 4) is 0 Å². The molecular formula is C11H16BrN3O2. The number of piperidine rings is 1. The van der Waals surface area contributed by atoms with Crippen LogP contribution in [0.15, 0.2) is 15.6 Å². The molecule has 1 unspecified atom stereocenters. The van der Waals surface area contributed by atoms with Crippen LogP contribution in [0.1, 0.15) is 12.8 Å². The van der Waals surface area contributed by atoms with Crippen molar-refractivity contribution in [3.63, 3.8) is 0 Å². The second-order valence-electron chi connectivity index (χ2n) is 4.28. The molecule has 1 aromatic rings. The Morgan fingerprint density at radius 1 is 1.71 bits per heavy atom. The molecule has 1 N–H and O–H groups in total. The minimum Gasteiger partial charge on any atom is -0.384 e. The van der Waals surface area contributed by atoms with Gasteiger partial charge >= 0.3 is 0 Å². The van der Waals surface area contributed by atoms with Crippen LogP contribution < -0.4 is 10.5 Å². The van der Waals surface area contributed by atoms with Gasteiger partial charge < -0.3 is 14.6 Å². The van der Waals surface area contributed by atoms with Crippen LogP contribution >= 0.6 is 15.9 Å². The average Bonchev–Trinajstić information content (AvgIpc) is 2.33. The van der Waals surface area contributed by atoms with Gasteiger partial charge in [0.25, 0.3) is 5.56 Å². The van der Waals surface area contributed by atoms with E-state index < -0.39 is 0 Å². The van der Waals surface area contributed by atoms with Crippen molar-refractivity contribution in [3.05, 3.63) is 21.2 Å². The monoisotopic (exact) mass is 301 g/mol. The van der Waals surface area contributed by atoms with E-state index in [1.165, 1.54) is 12.7 Å². The van der Waals surface area contributed by atoms with Crippen LogP contribution in [0, 0.1) is 5.92 Å². The van der Waals surface area contributed by atoms with Crippen molar-refractivity contribution in [2.75, 3.05) is 31.7 Å². The van der Waals surface area contributed by atoms with Crippen LogP contribution in [0.5, 0.6) is 0 Å². The first kappa shape index (κ1) is 12.6. The maximum atomic E-state index is 11.5. The SMILES string of the molecule is COCC1CCCN(c2nc[nH]c(=O)c2Br)C1. The number of nitrogens with one attached hydrogen (secondary N) is 1. The van der Waals surface area contributed by atoms with Crippen molar-refractivity contribution < 1.29 is 4.74 Å². The molecule has 1 aliphatic rings. The summed E-state index contributed by atoms with van der Waals surface area (Å²) in [5.74, 6) is 1.25. The molecule has 2 rings (SSSR count). The summed E-state index contributed by atoms with van der Waals surface area (Å²) in [6.45, 7) is 2.59. The van der Waals surface area contributed by atoms with E-state index in [9.17, 15) is 4.79 Å². The predicted molar refractivity (Wildman–Crippen MR) is 69.4 cm³/mol. The largest absolute Gasteiger partial charge is 0.384 e. The molecule has 1 fully saturated rings. The van der Waals surface area contributed by atoms with Gasteiger partial charge in [-0.2, -0.15) is 0 Å². The molecule has 0 aliphatic carbocycles. The number of ether oxygens (including phenoxy) is 1. The maximum absolute atomic E-state index is 11.5. The molecule has 0 radical (unpaired) electrons. The predicted octanol–water partition coefficient (Wildman–Crippen LogP) is 1.40. The summed E-state index contributed by atoms with van der Waals surface area (Å²) in [4.78, 5) is 20.4. The number of anilines is 1. The number of nitrogens with zero attached hydrogens (tertiary/aromatic N) is 2. The van der Waals surface area contributed by atoms with Gasteiger partial charge in [0.05, 0.1) is 12.9 Å². The van der Waals surface area contributed by atoms with E-state index in [2.05, 4.69) is 30.8 Å². The van der Waals surface area contributed by atoms with Crippen LogP contribution in [-0.2, 0) is 4.74 Å². The normalized spacial score (nSPS) is 20.6. The van der Waals surface area contributed by atoms with Crippen LogP contribution in [-0.4, -0.2) is 36.8 Å². The van der Waals surface area contributed by atoms with E-state index in [-0.39, 0.29) is 5.56 Å². The molecule has 5 nitrogen and oxygen atoms in total. The van der Waals surface area contributed by atoms with E-state index in [0.717, 1.165) is 31.9 Å². The Hall–Kier alpha value is -0.880. The van der Waals surface area contributed by atoms with E-state index in [0.29, 0.717) is 10.4 Å². The third-order valence-corrected chi connectivity index (χ3v) is 3.71. The van der Waals surface area contributed by atoms with Crippen molar-refractivity contribution >= 4 is 21.7 Å². The molecular weight excluding hydrogens is 286 g/mol. The summed E-state index contributed by atoms with van der Waals surface area (Å²) in [5.41, 5.74) is -0.135. The van der Waals surface area contributed by atoms with Crippen molar-refractivity contribution in [1.29, 1.82) is 0 Å². The fourth-order valence-corrected chi connectivity index (χ4v) is 2.69. The highest BCUT2D eigenvalue weighted by atomic mass is 79.9. The summed E-state index contributed by atoms with van der Waals surface area (Å²) >= 11 is 3.30. The van der Waals surface area contributed by atoms with Gasteiger partial charge in [-0.25, -0.2) is 4.98 Å². The molecule has 0 bridgehead atoms. The highest BCUT2D eigenvalue weighted by Crippen LogP contribution is 2.25. The van der Waals surface area contributed by atoms with Crippen LogP contribution in [0.3, 0.4) is 0 Å². The number of H-pyrrole nitrogens is 1. The summed E-state index contributed by atoms with van der Waals surface area (Å²) < 4.78 is 5.70. The Bertz CT molecular complexity index is 433. The highest BCUT2D eigenvalue weighted by Gasteiger charge is 2.22. The molecule has 94 valence electrons. The lowest BCUT2D eigenvalue weighted by Gasteiger charge is -2.33. The van der Waals surface area contributed by atoms with Crippen molar-refractivity contribution in [2.45, 2.75) is 12.8 Å². The number of hydrogen-bond donors (Lipinski definition) is 1. The Morgan fingerprint density at radius 2 is 2.53 bits per heavy atom. The molecule has 2 heterocycles. The number of hydrogen-bond acceptors (Lipinski definition) is 4. The zero-order chi connectivity index (χ0) is 12.3. The summed E-state index contributed by atoms with van der Waals surface area (Å²) in [6, 6.07) is 0. The van der Waals surface area contributed by atoms with E-state index >= 15 is 0 Å². The molecule has 17 heavy (non-hydrogen) atoms. The lowest BCUT2D eigenvalue weighted by molar-refractivity contribution is 0.143. The van der Waals surface area contributed by atoms with Gasteiger partial charge in [0.1, 0.15) is 10.3 Å². The van der Waals surface area contributed by atoms with E-state index in [1.807, 2.05) is 0 Å². The highest BCUT2D eigenvalue weighted by molar-refractivity contribution is 9.10. The first-order chi connectivity index (χ1) is 8.22. The molecule has 1 aromatic heterocycles. The smallest absolute Gasteiger partial charge is 0.267 e. The van der Waals surface area contributed by atoms with Crippen LogP contribution in [0.25, 0.3) is 0 Å². The van der Waals surface area contributed by atoms with Gasteiger partial charge in [0.15, 0.2) is 0 Å². The van der Waals surface area contributed by atoms with Crippen LogP contribution in [0.4, 0.5) is 5.82 Å². The van der Waals surface area contributed by atoms with Gasteiger partial charge in [-0.1, -0.05) is 0 Å². The van der Waals surface area contributed by atoms with E-state index in [1.54, 1.807) is 7.11 Å². The zero-order valence-corrected chi connectivity index (χ0v) is 11.4. The van der Waals surface area contributed by atoms with E-state index in [4.69, 9.17) is 4.74 Å². The minimum absolute atomic E-state index is 0.135. The number of aromatic amines is 1. The summed E-state index contributed by atoms with van der Waals surface area (Å²) in [7, 11) is 1.72. The quantitative estimate of drug-likeness (QED) is 0.917. The van der Waals surface area contributed by atoms with Gasteiger partial charge in [0.2, 0.25) is 0 Å². The van der Waals surface area contributed by atoms with Gasteiger partial charge in [-0.15, -0.1) is 0 Å². The molecule has 0 saturated carbocycles. The lowest BCUT2D eigenvalue weighted by atomic mass is 9.99. The zero-order valence-electron chi connectivity index (χ0n) is 9.78. The van der Waals surface area contributed by atoms with Crippen molar-refractivity contribution in [2.24, 2.45) is 5.92 Å². The first-order valence-electron chi connectivity index (χ1n) is 5.69. The fraction of sp³-hybridized carbons (Fsp3) is 0.636. The first-order valence-corrected chi connectivity index (χ1v) is 6.48. The summed E-state index contributed by atoms with van der Waals surface area (Å²) in [5, 5.41) is 0. The number of rotatable bonds is 3. The fourth-order valence-electron chi connectivity index (χ4n) is 2.22. The Kier molecular flexibility index (Phi) is 4.17. The molecule has 6 heteroatoms. The second-order valence-corrected chi connectivity index (χ2v) is 5.07. The molecule has 1 saturated heterocycles. The molecule has 0 amide bonds. The standard InChI is InChI=1S/C11H16BrN3O2/c1-17-6-8-3-2-4-15(5-8)10-9(12)11(16)14-7-13-10/h7-8H,2-6H2,1H3,(H,13,14,16). The second kappa shape index (κ2) is 5.64. The number of methoxy groups -OCH3 is 1. The average molecular weight is 302 g/mol. The Morgan fingerprint density at radius 3 is 3.29 bits per heavy atom. The molecule has 1 aliphatic heterocycles. The van der Waals surface area contributed by atoms with Gasteiger partial charge in [-0.3, -0.25) is 4.79 Å². The maximum Gasteiger partial charge on any atom is 0.267 e. The molecule has 0 aromatic carbocycles. The molecule has 0 spiro atoms. The molecule has 1 atom stereocenters. The third kappa shape index (κ3) is 2.87. The van der Waals surface area contributed by atoms with Crippen molar-refractivity contribution in [1.82, 2.24) is 9.97 Å². The number of halogens is 1. The summed E-state index contributed by atoms with van der Waals surface area (Å²) in [6.07, 6.45) is 3.72. The number of aromatic nitrogens is 2. The Balaban J connectivity index is 2.16. The van der Waals surface area contributed by atoms with Crippen LogP contribution in [0.2, 0.25) is 0 Å². The van der Waals surface area contributed by atoms with Gasteiger partial charge in [-0.05, 0) is 34.7 Å².